The van der Waals surface area contributed by atoms with E-state index in [2.05, 4.69) is 231 Å². The third-order valence-corrected chi connectivity index (χ3v) is 12.6. The zero-order valence-electron chi connectivity index (χ0n) is 32.9. The zero-order valence-corrected chi connectivity index (χ0v) is 32.9. The Balaban J connectivity index is 1.21. The molecule has 0 atom stereocenters. The maximum Gasteiger partial charge on any atom is -0.00199 e. The first kappa shape index (κ1) is 34.3. The van der Waals surface area contributed by atoms with Crippen molar-refractivity contribution in [1.82, 2.24) is 0 Å². The molecule has 0 heteroatoms. The van der Waals surface area contributed by atoms with Gasteiger partial charge in [-0.3, -0.25) is 0 Å². The van der Waals surface area contributed by atoms with E-state index in [-0.39, 0.29) is 0 Å². The van der Waals surface area contributed by atoms with Gasteiger partial charge >= 0.3 is 0 Å². The Hall–Kier alpha value is -7.80. The van der Waals surface area contributed by atoms with Gasteiger partial charge in [-0.25, -0.2) is 0 Å². The molecule has 0 N–H and O–H groups in total. The van der Waals surface area contributed by atoms with Crippen LogP contribution in [0.1, 0.15) is 0 Å². The molecule has 12 rings (SSSR count). The molecule has 0 aliphatic rings. The summed E-state index contributed by atoms with van der Waals surface area (Å²) < 4.78 is 0. The zero-order chi connectivity index (χ0) is 39.6. The van der Waals surface area contributed by atoms with Crippen LogP contribution in [-0.2, 0) is 0 Å². The van der Waals surface area contributed by atoms with Crippen LogP contribution in [0.15, 0.2) is 231 Å². The average Bonchev–Trinajstić information content (AvgIpc) is 3.32. The normalized spacial score (nSPS) is 11.7. The van der Waals surface area contributed by atoms with Gasteiger partial charge in [0.05, 0.1) is 0 Å². The Morgan fingerprint density at radius 2 is 0.600 bits per heavy atom. The van der Waals surface area contributed by atoms with Gasteiger partial charge in [-0.2, -0.15) is 0 Å². The van der Waals surface area contributed by atoms with Crippen molar-refractivity contribution in [2.45, 2.75) is 0 Å². The molecule has 0 aromatic heterocycles. The third-order valence-electron chi connectivity index (χ3n) is 12.6. The summed E-state index contributed by atoms with van der Waals surface area (Å²) in [5, 5.41) is 14.9. The van der Waals surface area contributed by atoms with Crippen LogP contribution >= 0.6 is 0 Å². The predicted octanol–water partition coefficient (Wildman–Crippen LogP) is 16.9. The van der Waals surface area contributed by atoms with E-state index in [9.17, 15) is 0 Å². The Kier molecular flexibility index (Phi) is 7.96. The number of benzene rings is 12. The molecular weight excluding hydrogens is 721 g/mol. The lowest BCUT2D eigenvalue weighted by Crippen LogP contribution is -1.94. The topological polar surface area (TPSA) is 0 Å². The molecule has 12 aromatic rings. The molecular formula is C60H38. The Morgan fingerprint density at radius 3 is 1.25 bits per heavy atom. The second-order valence-electron chi connectivity index (χ2n) is 16.0. The van der Waals surface area contributed by atoms with Gasteiger partial charge in [-0.15, -0.1) is 0 Å². The summed E-state index contributed by atoms with van der Waals surface area (Å²) in [5.74, 6) is 0. The first-order chi connectivity index (χ1) is 29.7. The van der Waals surface area contributed by atoms with Gasteiger partial charge in [-0.1, -0.05) is 200 Å². The number of hydrogen-bond donors (Lipinski definition) is 0. The SMILES string of the molecule is c1ccc2cc(-c3cc(-c4cccc5ccccc45)cc(-c4c5ccccc5c(-c5cccc6ccccc56)c5cc(-c6cccc7ccccc67)ccc45)c3)ccc2c1. The van der Waals surface area contributed by atoms with E-state index < -0.39 is 0 Å². The average molecular weight is 759 g/mol. The van der Waals surface area contributed by atoms with E-state index in [0.717, 1.165) is 0 Å². The first-order valence-corrected chi connectivity index (χ1v) is 20.8. The number of rotatable bonds is 5. The number of hydrogen-bond acceptors (Lipinski definition) is 0. The van der Waals surface area contributed by atoms with E-state index in [0.29, 0.717) is 0 Å². The van der Waals surface area contributed by atoms with Crippen LogP contribution < -0.4 is 0 Å². The van der Waals surface area contributed by atoms with Crippen molar-refractivity contribution in [3.63, 3.8) is 0 Å². The van der Waals surface area contributed by atoms with E-state index in [1.54, 1.807) is 0 Å². The molecule has 278 valence electrons. The monoisotopic (exact) mass is 758 g/mol. The van der Waals surface area contributed by atoms with Crippen molar-refractivity contribution in [3.05, 3.63) is 231 Å². The van der Waals surface area contributed by atoms with Gasteiger partial charge in [-0.05, 0) is 151 Å². The summed E-state index contributed by atoms with van der Waals surface area (Å²) in [6, 6.07) is 85.5. The minimum Gasteiger partial charge on any atom is -0.0616 e. The first-order valence-electron chi connectivity index (χ1n) is 20.8. The lowest BCUT2D eigenvalue weighted by atomic mass is 9.82. The highest BCUT2D eigenvalue weighted by molar-refractivity contribution is 6.24. The molecule has 0 saturated carbocycles. The fourth-order valence-corrected chi connectivity index (χ4v) is 9.81. The van der Waals surface area contributed by atoms with E-state index in [4.69, 9.17) is 0 Å². The summed E-state index contributed by atoms with van der Waals surface area (Å²) >= 11 is 0. The van der Waals surface area contributed by atoms with Crippen molar-refractivity contribution in [1.29, 1.82) is 0 Å². The molecule has 0 heterocycles. The molecule has 0 bridgehead atoms. The van der Waals surface area contributed by atoms with Crippen LogP contribution in [-0.4, -0.2) is 0 Å². The highest BCUT2D eigenvalue weighted by atomic mass is 14.2. The van der Waals surface area contributed by atoms with Crippen LogP contribution in [0.3, 0.4) is 0 Å². The quantitative estimate of drug-likeness (QED) is 0.153. The highest BCUT2D eigenvalue weighted by Crippen LogP contribution is 2.48. The standard InChI is InChI=1S/C60H38/c1-2-18-43-34-44(31-30-39(43)14-1)46-35-47(53-28-12-20-41-16-4-7-23-50(41)53)37-48(36-46)59-55-25-9-10-26-56(55)60(54-29-13-21-42-17-5-8-24-51(42)54)58-38-45(32-33-57(58)59)52-27-11-19-40-15-3-6-22-49(40)52/h1-38H. The summed E-state index contributed by atoms with van der Waals surface area (Å²) in [6.45, 7) is 0. The maximum atomic E-state index is 2.46. The molecule has 0 radical (unpaired) electrons. The fraction of sp³-hybridized carbons (Fsp3) is 0. The summed E-state index contributed by atoms with van der Waals surface area (Å²) in [5.41, 5.74) is 12.3. The van der Waals surface area contributed by atoms with Crippen LogP contribution in [0.25, 0.3) is 120 Å². The van der Waals surface area contributed by atoms with Crippen LogP contribution in [0.4, 0.5) is 0 Å². The Bertz CT molecular complexity index is 3650. The van der Waals surface area contributed by atoms with Crippen LogP contribution in [0, 0.1) is 0 Å². The van der Waals surface area contributed by atoms with Crippen molar-refractivity contribution >= 4 is 64.6 Å². The van der Waals surface area contributed by atoms with Crippen molar-refractivity contribution in [2.24, 2.45) is 0 Å². The Morgan fingerprint density at radius 1 is 0.167 bits per heavy atom. The minimum atomic E-state index is 1.20. The van der Waals surface area contributed by atoms with Gasteiger partial charge in [0.15, 0.2) is 0 Å². The smallest absolute Gasteiger partial charge is 0.00199 e. The Labute approximate surface area is 349 Å². The number of fused-ring (bicyclic) bond motifs is 6. The van der Waals surface area contributed by atoms with Crippen molar-refractivity contribution in [2.75, 3.05) is 0 Å². The largest absolute Gasteiger partial charge is 0.0616 e. The van der Waals surface area contributed by atoms with Crippen LogP contribution in [0.5, 0.6) is 0 Å². The molecule has 60 heavy (non-hydrogen) atoms. The molecule has 12 aromatic carbocycles. The molecule has 0 aliphatic carbocycles. The third kappa shape index (κ3) is 5.61. The van der Waals surface area contributed by atoms with Gasteiger partial charge in [0.1, 0.15) is 0 Å². The molecule has 0 fully saturated rings. The summed E-state index contributed by atoms with van der Waals surface area (Å²) in [6.07, 6.45) is 0. The molecule has 0 unspecified atom stereocenters. The van der Waals surface area contributed by atoms with Gasteiger partial charge in [0.25, 0.3) is 0 Å². The van der Waals surface area contributed by atoms with Gasteiger partial charge in [0.2, 0.25) is 0 Å². The second-order valence-corrected chi connectivity index (χ2v) is 16.0. The van der Waals surface area contributed by atoms with Gasteiger partial charge in [0, 0.05) is 0 Å². The molecule has 0 aliphatic heterocycles. The van der Waals surface area contributed by atoms with Crippen molar-refractivity contribution < 1.29 is 0 Å². The molecule has 0 spiro atoms. The fourth-order valence-electron chi connectivity index (χ4n) is 9.81. The van der Waals surface area contributed by atoms with Crippen LogP contribution in [0.2, 0.25) is 0 Å². The lowest BCUT2D eigenvalue weighted by molar-refractivity contribution is 1.60. The minimum absolute atomic E-state index is 1.20. The molecule has 0 amide bonds. The van der Waals surface area contributed by atoms with Gasteiger partial charge < -0.3 is 0 Å². The lowest BCUT2D eigenvalue weighted by Gasteiger charge is -2.21. The van der Waals surface area contributed by atoms with Crippen molar-refractivity contribution in [3.8, 4) is 55.6 Å². The van der Waals surface area contributed by atoms with E-state index >= 15 is 0 Å². The molecule has 0 saturated heterocycles. The summed E-state index contributed by atoms with van der Waals surface area (Å²) in [7, 11) is 0. The molecule has 0 nitrogen and oxygen atoms in total. The van der Waals surface area contributed by atoms with E-state index in [1.807, 2.05) is 0 Å². The maximum absolute atomic E-state index is 2.46. The summed E-state index contributed by atoms with van der Waals surface area (Å²) in [4.78, 5) is 0. The van der Waals surface area contributed by atoms with E-state index in [1.165, 1.54) is 120 Å². The highest BCUT2D eigenvalue weighted by Gasteiger charge is 2.21. The predicted molar refractivity (Wildman–Crippen MR) is 259 cm³/mol. The second kappa shape index (κ2) is 13.9.